The van der Waals surface area contributed by atoms with Gasteiger partial charge >= 0.3 is 0 Å². The van der Waals surface area contributed by atoms with E-state index in [-0.39, 0.29) is 21.7 Å². The third-order valence-corrected chi connectivity index (χ3v) is 2.36. The summed E-state index contributed by atoms with van der Waals surface area (Å²) in [7, 11) is 0. The maximum absolute atomic E-state index is 12.7. The molecule has 70 valence electrons. The second-order valence-corrected chi connectivity index (χ2v) is 3.46. The van der Waals surface area contributed by atoms with Gasteiger partial charge in [0.1, 0.15) is 0 Å². The molecular formula is C8H5BrClFO2. The normalized spacial score (nSPS) is 10.1. The summed E-state index contributed by atoms with van der Waals surface area (Å²) in [6.45, 7) is 0. The van der Waals surface area contributed by atoms with Gasteiger partial charge in [-0.15, -0.1) is 11.6 Å². The highest BCUT2D eigenvalue weighted by atomic mass is 79.9. The van der Waals surface area contributed by atoms with Crippen LogP contribution in [0, 0.1) is 5.82 Å². The lowest BCUT2D eigenvalue weighted by atomic mass is 10.1. The topological polar surface area (TPSA) is 37.3 Å². The molecule has 0 fully saturated rings. The van der Waals surface area contributed by atoms with Crippen LogP contribution in [0.5, 0.6) is 5.75 Å². The van der Waals surface area contributed by atoms with Crippen molar-refractivity contribution in [1.82, 2.24) is 0 Å². The summed E-state index contributed by atoms with van der Waals surface area (Å²) in [5.74, 6) is -1.91. The van der Waals surface area contributed by atoms with Crippen LogP contribution in [0.4, 0.5) is 4.39 Å². The van der Waals surface area contributed by atoms with Crippen LogP contribution >= 0.6 is 27.5 Å². The van der Waals surface area contributed by atoms with Crippen molar-refractivity contribution in [3.63, 3.8) is 0 Å². The summed E-state index contributed by atoms with van der Waals surface area (Å²) < 4.78 is 13.0. The highest BCUT2D eigenvalue weighted by Crippen LogP contribution is 2.25. The fourth-order valence-corrected chi connectivity index (χ4v) is 1.50. The highest BCUT2D eigenvalue weighted by molar-refractivity contribution is 9.10. The van der Waals surface area contributed by atoms with Crippen LogP contribution in [0.2, 0.25) is 0 Å². The lowest BCUT2D eigenvalue weighted by Crippen LogP contribution is -2.01. The van der Waals surface area contributed by atoms with E-state index in [0.717, 1.165) is 12.1 Å². The molecule has 0 heterocycles. The van der Waals surface area contributed by atoms with Gasteiger partial charge in [0.05, 0.1) is 5.88 Å². The Labute approximate surface area is 87.5 Å². The van der Waals surface area contributed by atoms with Crippen LogP contribution in [-0.2, 0) is 0 Å². The standard InChI is InChI=1S/C8H5BrClFO2/c9-5-2-6(11)7(12)1-4(5)8(13)3-10/h1-2,12H,3H2. The predicted molar refractivity (Wildman–Crippen MR) is 50.8 cm³/mol. The number of Topliss-reactive ketones (excluding diaryl/α,β-unsaturated/α-hetero) is 1. The summed E-state index contributed by atoms with van der Waals surface area (Å²) >= 11 is 8.30. The van der Waals surface area contributed by atoms with E-state index in [2.05, 4.69) is 15.9 Å². The molecule has 1 rings (SSSR count). The number of carbonyl (C=O) groups is 1. The Kier molecular flexibility index (Phi) is 3.27. The number of hydrogen-bond acceptors (Lipinski definition) is 2. The van der Waals surface area contributed by atoms with Crippen molar-refractivity contribution in [3.05, 3.63) is 28.0 Å². The van der Waals surface area contributed by atoms with Gasteiger partial charge in [0.2, 0.25) is 0 Å². The van der Waals surface area contributed by atoms with Crippen molar-refractivity contribution in [2.45, 2.75) is 0 Å². The first kappa shape index (κ1) is 10.5. The summed E-state index contributed by atoms with van der Waals surface area (Å²) in [5.41, 5.74) is 0.175. The summed E-state index contributed by atoms with van der Waals surface area (Å²) in [6, 6.07) is 2.07. The number of phenolic OH excluding ortho intramolecular Hbond substituents is 1. The minimum absolute atomic E-state index is 0.175. The van der Waals surface area contributed by atoms with Crippen molar-refractivity contribution < 1.29 is 14.3 Å². The van der Waals surface area contributed by atoms with E-state index in [9.17, 15) is 9.18 Å². The zero-order chi connectivity index (χ0) is 10.0. The molecule has 13 heavy (non-hydrogen) atoms. The van der Waals surface area contributed by atoms with Crippen LogP contribution in [0.15, 0.2) is 16.6 Å². The van der Waals surface area contributed by atoms with Gasteiger partial charge in [-0.2, -0.15) is 0 Å². The zero-order valence-electron chi connectivity index (χ0n) is 6.35. The Morgan fingerprint density at radius 3 is 2.77 bits per heavy atom. The van der Waals surface area contributed by atoms with Gasteiger partial charge in [-0.05, 0) is 28.1 Å². The number of phenols is 1. The first-order valence-corrected chi connectivity index (χ1v) is 4.66. The van der Waals surface area contributed by atoms with E-state index in [1.165, 1.54) is 0 Å². The molecule has 0 atom stereocenters. The minimum Gasteiger partial charge on any atom is -0.505 e. The number of alkyl halides is 1. The minimum atomic E-state index is -0.780. The second kappa shape index (κ2) is 4.07. The van der Waals surface area contributed by atoms with Crippen molar-refractivity contribution in [3.8, 4) is 5.75 Å². The predicted octanol–water partition coefficient (Wildman–Crippen LogP) is 2.72. The lowest BCUT2D eigenvalue weighted by Gasteiger charge is -2.02. The first-order valence-electron chi connectivity index (χ1n) is 3.33. The number of carbonyl (C=O) groups excluding carboxylic acids is 1. The van der Waals surface area contributed by atoms with Crippen LogP contribution in [0.25, 0.3) is 0 Å². The molecule has 0 spiro atoms. The molecule has 0 unspecified atom stereocenters. The monoisotopic (exact) mass is 266 g/mol. The van der Waals surface area contributed by atoms with Gasteiger partial charge < -0.3 is 5.11 Å². The lowest BCUT2D eigenvalue weighted by molar-refractivity contribution is 0.102. The third-order valence-electron chi connectivity index (χ3n) is 1.46. The summed E-state index contributed by atoms with van der Waals surface area (Å²) in [5, 5.41) is 8.98. The van der Waals surface area contributed by atoms with Crippen molar-refractivity contribution in [2.75, 3.05) is 5.88 Å². The van der Waals surface area contributed by atoms with Gasteiger partial charge in [0, 0.05) is 10.0 Å². The molecule has 2 nitrogen and oxygen atoms in total. The maximum atomic E-state index is 12.7. The van der Waals surface area contributed by atoms with Gasteiger partial charge in [0.15, 0.2) is 17.3 Å². The second-order valence-electron chi connectivity index (χ2n) is 2.34. The van der Waals surface area contributed by atoms with E-state index in [1.807, 2.05) is 0 Å². The molecule has 0 radical (unpaired) electrons. The molecule has 0 saturated carbocycles. The van der Waals surface area contributed by atoms with E-state index in [1.54, 1.807) is 0 Å². The molecule has 5 heteroatoms. The largest absolute Gasteiger partial charge is 0.505 e. The summed E-state index contributed by atoms with van der Waals surface area (Å²) in [4.78, 5) is 11.1. The van der Waals surface area contributed by atoms with E-state index < -0.39 is 11.6 Å². The Morgan fingerprint density at radius 2 is 2.23 bits per heavy atom. The number of hydrogen-bond donors (Lipinski definition) is 1. The molecule has 0 aliphatic rings. The van der Waals surface area contributed by atoms with Gasteiger partial charge in [-0.3, -0.25) is 4.79 Å². The average molecular weight is 267 g/mol. The molecule has 0 aromatic heterocycles. The Morgan fingerprint density at radius 1 is 1.62 bits per heavy atom. The van der Waals surface area contributed by atoms with Crippen LogP contribution in [0.1, 0.15) is 10.4 Å². The maximum Gasteiger partial charge on any atom is 0.178 e. The molecule has 0 aliphatic heterocycles. The van der Waals surface area contributed by atoms with Gasteiger partial charge in [0.25, 0.3) is 0 Å². The van der Waals surface area contributed by atoms with Crippen molar-refractivity contribution in [2.24, 2.45) is 0 Å². The van der Waals surface area contributed by atoms with Crippen LogP contribution in [-0.4, -0.2) is 16.8 Å². The number of benzene rings is 1. The molecule has 1 aromatic carbocycles. The number of aromatic hydroxyl groups is 1. The third kappa shape index (κ3) is 2.19. The van der Waals surface area contributed by atoms with Gasteiger partial charge in [-0.1, -0.05) is 0 Å². The molecule has 0 amide bonds. The molecule has 1 N–H and O–H groups in total. The molecule has 0 bridgehead atoms. The number of ketones is 1. The quantitative estimate of drug-likeness (QED) is 0.661. The van der Waals surface area contributed by atoms with E-state index >= 15 is 0 Å². The van der Waals surface area contributed by atoms with Gasteiger partial charge in [-0.25, -0.2) is 4.39 Å². The van der Waals surface area contributed by atoms with E-state index in [0.29, 0.717) is 0 Å². The van der Waals surface area contributed by atoms with E-state index in [4.69, 9.17) is 16.7 Å². The zero-order valence-corrected chi connectivity index (χ0v) is 8.69. The Bertz CT molecular complexity index is 354. The summed E-state index contributed by atoms with van der Waals surface area (Å²) in [6.07, 6.45) is 0. The molecular weight excluding hydrogens is 262 g/mol. The SMILES string of the molecule is O=C(CCl)c1cc(O)c(F)cc1Br. The van der Waals surface area contributed by atoms with Crippen LogP contribution in [0.3, 0.4) is 0 Å². The van der Waals surface area contributed by atoms with Crippen molar-refractivity contribution in [1.29, 1.82) is 0 Å². The molecule has 1 aromatic rings. The molecule has 0 aliphatic carbocycles. The highest BCUT2D eigenvalue weighted by Gasteiger charge is 2.12. The Hall–Kier alpha value is -0.610. The average Bonchev–Trinajstić information content (AvgIpc) is 2.10. The smallest absolute Gasteiger partial charge is 0.178 e. The first-order chi connectivity index (χ1) is 6.06. The van der Waals surface area contributed by atoms with Crippen molar-refractivity contribution >= 4 is 33.3 Å². The number of halogens is 3. The van der Waals surface area contributed by atoms with Crippen LogP contribution < -0.4 is 0 Å². The fourth-order valence-electron chi connectivity index (χ4n) is 0.823. The number of rotatable bonds is 2. The Balaban J connectivity index is 3.23. The fraction of sp³-hybridized carbons (Fsp3) is 0.125. The molecule has 0 saturated heterocycles.